The summed E-state index contributed by atoms with van der Waals surface area (Å²) in [6, 6.07) is 5.67. The average molecular weight is 242 g/mol. The van der Waals surface area contributed by atoms with Gasteiger partial charge < -0.3 is 5.11 Å². The molecule has 3 heteroatoms. The van der Waals surface area contributed by atoms with Gasteiger partial charge in [-0.3, -0.25) is 0 Å². The van der Waals surface area contributed by atoms with E-state index in [-0.39, 0.29) is 0 Å². The molecule has 0 aliphatic carbocycles. The molecule has 2 nitrogen and oxygen atoms in total. The van der Waals surface area contributed by atoms with Gasteiger partial charge in [0, 0.05) is 29.2 Å². The van der Waals surface area contributed by atoms with E-state index >= 15 is 0 Å². The highest BCUT2D eigenvalue weighted by molar-refractivity contribution is 9.07. The van der Waals surface area contributed by atoms with Crippen LogP contribution in [0.15, 0.2) is 18.2 Å². The first-order valence-electron chi connectivity index (χ1n) is 4.47. The van der Waals surface area contributed by atoms with E-state index < -0.39 is 0 Å². The highest BCUT2D eigenvalue weighted by atomic mass is 79.9. The Morgan fingerprint density at radius 1 is 1.15 bits per heavy atom. The largest absolute Gasteiger partial charge is 0.508 e. The van der Waals surface area contributed by atoms with Crippen LogP contribution >= 0.6 is 16.1 Å². The van der Waals surface area contributed by atoms with Gasteiger partial charge >= 0.3 is 0 Å². The second kappa shape index (κ2) is 3.68. The quantitative estimate of drug-likeness (QED) is 0.704. The van der Waals surface area contributed by atoms with Gasteiger partial charge in [-0.1, -0.05) is 6.07 Å². The van der Waals surface area contributed by atoms with Crippen molar-refractivity contribution in [3.05, 3.63) is 29.3 Å². The monoisotopic (exact) mass is 241 g/mol. The molecule has 0 atom stereocenters. The van der Waals surface area contributed by atoms with Crippen LogP contribution < -0.4 is 0 Å². The number of rotatable bonds is 0. The van der Waals surface area contributed by atoms with Gasteiger partial charge in [-0.15, -0.1) is 0 Å². The zero-order valence-electron chi connectivity index (χ0n) is 7.33. The van der Waals surface area contributed by atoms with E-state index in [0.717, 1.165) is 25.9 Å². The number of fused-ring (bicyclic) bond motifs is 1. The number of halogens is 1. The topological polar surface area (TPSA) is 23.5 Å². The van der Waals surface area contributed by atoms with E-state index in [9.17, 15) is 5.11 Å². The number of hydrogen-bond acceptors (Lipinski definition) is 2. The molecule has 2 rings (SSSR count). The third-order valence-electron chi connectivity index (χ3n) is 2.44. The number of phenols is 1. The SMILES string of the molecule is Oc1ccc2c(c1)CCN(Br)CC2. The molecule has 0 fully saturated rings. The summed E-state index contributed by atoms with van der Waals surface area (Å²) in [7, 11) is 0. The molecule has 0 amide bonds. The van der Waals surface area contributed by atoms with E-state index in [1.165, 1.54) is 11.1 Å². The second-order valence-electron chi connectivity index (χ2n) is 3.36. The third kappa shape index (κ3) is 2.03. The molecule has 1 aromatic carbocycles. The fourth-order valence-corrected chi connectivity index (χ4v) is 2.04. The predicted molar refractivity (Wildman–Crippen MR) is 56.0 cm³/mol. The molecule has 13 heavy (non-hydrogen) atoms. The summed E-state index contributed by atoms with van der Waals surface area (Å²) < 4.78 is 2.14. The van der Waals surface area contributed by atoms with Gasteiger partial charge in [-0.05, 0) is 36.1 Å². The fourth-order valence-electron chi connectivity index (χ4n) is 1.68. The van der Waals surface area contributed by atoms with Gasteiger partial charge in [0.2, 0.25) is 0 Å². The van der Waals surface area contributed by atoms with Gasteiger partial charge in [0.05, 0.1) is 0 Å². The average Bonchev–Trinajstić information content (AvgIpc) is 2.29. The minimum atomic E-state index is 0.377. The van der Waals surface area contributed by atoms with Crippen LogP contribution in [0.2, 0.25) is 0 Å². The number of benzene rings is 1. The van der Waals surface area contributed by atoms with Crippen LogP contribution in [0.5, 0.6) is 5.75 Å². The zero-order valence-corrected chi connectivity index (χ0v) is 8.92. The first-order valence-corrected chi connectivity index (χ1v) is 5.18. The normalized spacial score (nSPS) is 17.9. The van der Waals surface area contributed by atoms with Gasteiger partial charge in [-0.2, -0.15) is 0 Å². The Morgan fingerprint density at radius 2 is 1.85 bits per heavy atom. The van der Waals surface area contributed by atoms with Crippen LogP contribution in [0.25, 0.3) is 0 Å². The lowest BCUT2D eigenvalue weighted by molar-refractivity contribution is 0.474. The molecule has 1 heterocycles. The first kappa shape index (κ1) is 9.03. The summed E-state index contributed by atoms with van der Waals surface area (Å²) >= 11 is 3.49. The lowest BCUT2D eigenvalue weighted by Gasteiger charge is -2.07. The molecule has 0 unspecified atom stereocenters. The Hall–Kier alpha value is -0.540. The summed E-state index contributed by atoms with van der Waals surface area (Å²) in [6.07, 6.45) is 2.07. The van der Waals surface area contributed by atoms with Crippen LogP contribution in [0, 0.1) is 0 Å². The minimum absolute atomic E-state index is 0.377. The van der Waals surface area contributed by atoms with Crippen molar-refractivity contribution in [2.24, 2.45) is 0 Å². The van der Waals surface area contributed by atoms with Gasteiger partial charge in [0.1, 0.15) is 5.75 Å². The number of hydrogen-bond donors (Lipinski definition) is 1. The Bertz CT molecular complexity index is 314. The van der Waals surface area contributed by atoms with Crippen molar-refractivity contribution in [1.29, 1.82) is 0 Å². The molecule has 1 aliphatic heterocycles. The first-order chi connectivity index (χ1) is 6.25. The zero-order chi connectivity index (χ0) is 9.26. The number of aromatic hydroxyl groups is 1. The van der Waals surface area contributed by atoms with Crippen molar-refractivity contribution in [3.63, 3.8) is 0 Å². The maximum Gasteiger partial charge on any atom is 0.115 e. The number of nitrogens with zero attached hydrogens (tertiary/aromatic N) is 1. The molecule has 70 valence electrons. The maximum absolute atomic E-state index is 9.32. The third-order valence-corrected chi connectivity index (χ3v) is 3.15. The Labute approximate surface area is 86.5 Å². The summed E-state index contributed by atoms with van der Waals surface area (Å²) in [5.41, 5.74) is 2.64. The summed E-state index contributed by atoms with van der Waals surface area (Å²) in [5.74, 6) is 0.377. The Morgan fingerprint density at radius 3 is 2.62 bits per heavy atom. The smallest absolute Gasteiger partial charge is 0.115 e. The van der Waals surface area contributed by atoms with Crippen molar-refractivity contribution in [3.8, 4) is 5.75 Å². The van der Waals surface area contributed by atoms with E-state index in [2.05, 4.69) is 20.1 Å². The molecule has 0 spiro atoms. The standard InChI is InChI=1S/C10H12BrNO/c11-12-5-3-8-1-2-10(13)7-9(8)4-6-12/h1-2,7,13H,3-6H2. The summed E-state index contributed by atoms with van der Waals surface area (Å²) in [5, 5.41) is 9.32. The van der Waals surface area contributed by atoms with E-state index in [0.29, 0.717) is 5.75 Å². The molecule has 0 saturated carbocycles. The minimum Gasteiger partial charge on any atom is -0.508 e. The van der Waals surface area contributed by atoms with Crippen molar-refractivity contribution < 1.29 is 5.11 Å². The highest BCUT2D eigenvalue weighted by Crippen LogP contribution is 2.21. The van der Waals surface area contributed by atoms with Crippen molar-refractivity contribution in [2.75, 3.05) is 13.1 Å². The highest BCUT2D eigenvalue weighted by Gasteiger charge is 2.11. The lowest BCUT2D eigenvalue weighted by atomic mass is 10.0. The van der Waals surface area contributed by atoms with Crippen LogP contribution in [0.3, 0.4) is 0 Å². The molecular formula is C10H12BrNO. The molecule has 0 radical (unpaired) electrons. The van der Waals surface area contributed by atoms with Crippen molar-refractivity contribution in [2.45, 2.75) is 12.8 Å². The fraction of sp³-hybridized carbons (Fsp3) is 0.400. The van der Waals surface area contributed by atoms with E-state index in [1.807, 2.05) is 12.1 Å². The van der Waals surface area contributed by atoms with E-state index in [1.54, 1.807) is 6.07 Å². The summed E-state index contributed by atoms with van der Waals surface area (Å²) in [4.78, 5) is 0. The molecular weight excluding hydrogens is 230 g/mol. The second-order valence-corrected chi connectivity index (χ2v) is 4.37. The molecule has 1 aliphatic rings. The van der Waals surface area contributed by atoms with Crippen LogP contribution in [-0.4, -0.2) is 22.1 Å². The van der Waals surface area contributed by atoms with Gasteiger partial charge in [-0.25, -0.2) is 3.93 Å². The number of phenolic OH excluding ortho intramolecular Hbond substituents is 1. The Balaban J connectivity index is 2.30. The van der Waals surface area contributed by atoms with Crippen LogP contribution in [-0.2, 0) is 12.8 Å². The maximum atomic E-state index is 9.32. The molecule has 0 aromatic heterocycles. The van der Waals surface area contributed by atoms with Gasteiger partial charge in [0.25, 0.3) is 0 Å². The molecule has 1 N–H and O–H groups in total. The van der Waals surface area contributed by atoms with Crippen molar-refractivity contribution >= 4 is 16.1 Å². The Kier molecular flexibility index (Phi) is 2.56. The summed E-state index contributed by atoms with van der Waals surface area (Å²) in [6.45, 7) is 2.05. The van der Waals surface area contributed by atoms with Crippen LogP contribution in [0.4, 0.5) is 0 Å². The molecule has 0 bridgehead atoms. The molecule has 0 saturated heterocycles. The van der Waals surface area contributed by atoms with Gasteiger partial charge in [0.15, 0.2) is 0 Å². The van der Waals surface area contributed by atoms with Crippen molar-refractivity contribution in [1.82, 2.24) is 3.93 Å². The predicted octanol–water partition coefficient (Wildman–Crippen LogP) is 2.10. The lowest BCUT2D eigenvalue weighted by Crippen LogP contribution is -2.13. The van der Waals surface area contributed by atoms with Crippen LogP contribution in [0.1, 0.15) is 11.1 Å². The van der Waals surface area contributed by atoms with E-state index in [4.69, 9.17) is 0 Å². The molecule has 1 aromatic rings.